The predicted octanol–water partition coefficient (Wildman–Crippen LogP) is 4.04. The van der Waals surface area contributed by atoms with E-state index in [1.165, 1.54) is 6.07 Å². The Hall–Kier alpha value is -2.26. The molecule has 0 fully saturated rings. The third-order valence-corrected chi connectivity index (χ3v) is 3.51. The number of nitrogens with zero attached hydrogens (tertiary/aromatic N) is 1. The summed E-state index contributed by atoms with van der Waals surface area (Å²) in [6.07, 6.45) is 1.65. The molecular weight excluding hydrogens is 274 g/mol. The van der Waals surface area contributed by atoms with E-state index in [-0.39, 0.29) is 5.69 Å². The normalized spacial score (nSPS) is 10.8. The molecule has 0 bridgehead atoms. The van der Waals surface area contributed by atoms with Gasteiger partial charge >= 0.3 is 5.97 Å². The van der Waals surface area contributed by atoms with E-state index in [1.54, 1.807) is 10.8 Å². The van der Waals surface area contributed by atoms with Gasteiger partial charge in [-0.05, 0) is 22.4 Å². The number of hydrogen-bond acceptors (Lipinski definition) is 1. The second-order valence-electron chi connectivity index (χ2n) is 4.61. The highest BCUT2D eigenvalue weighted by Gasteiger charge is 2.12. The summed E-state index contributed by atoms with van der Waals surface area (Å²) in [5, 5.41) is 11.9. The molecule has 2 aromatic carbocycles. The van der Waals surface area contributed by atoms with Crippen molar-refractivity contribution in [2.24, 2.45) is 0 Å². The second kappa shape index (κ2) is 5.02. The van der Waals surface area contributed by atoms with Crippen LogP contribution in [0.15, 0.2) is 54.7 Å². The summed E-state index contributed by atoms with van der Waals surface area (Å²) in [5.74, 6) is -0.975. The molecule has 3 rings (SSSR count). The number of carbonyl (C=O) groups is 1. The number of carboxylic acids is 1. The molecule has 0 atom stereocenters. The quantitative estimate of drug-likeness (QED) is 0.789. The summed E-state index contributed by atoms with van der Waals surface area (Å²) >= 11 is 5.91. The molecule has 1 heterocycles. The minimum Gasteiger partial charge on any atom is -0.477 e. The monoisotopic (exact) mass is 285 g/mol. The molecule has 4 heteroatoms. The molecule has 0 aliphatic rings. The molecule has 3 aromatic rings. The van der Waals surface area contributed by atoms with Crippen LogP contribution in [0.3, 0.4) is 0 Å². The molecule has 0 amide bonds. The predicted molar refractivity (Wildman–Crippen MR) is 79.5 cm³/mol. The van der Waals surface area contributed by atoms with Crippen molar-refractivity contribution in [3.05, 3.63) is 71.0 Å². The van der Waals surface area contributed by atoms with Crippen LogP contribution in [0.25, 0.3) is 10.8 Å². The van der Waals surface area contributed by atoms with Crippen LogP contribution in [0, 0.1) is 0 Å². The molecular formula is C16H12ClNO2. The van der Waals surface area contributed by atoms with Gasteiger partial charge in [0.05, 0.1) is 5.02 Å². The van der Waals surface area contributed by atoms with Crippen molar-refractivity contribution in [3.8, 4) is 0 Å². The zero-order valence-corrected chi connectivity index (χ0v) is 11.3. The van der Waals surface area contributed by atoms with Gasteiger partial charge in [-0.1, -0.05) is 54.1 Å². The maximum atomic E-state index is 11.2. The van der Waals surface area contributed by atoms with Gasteiger partial charge in [0.25, 0.3) is 0 Å². The van der Waals surface area contributed by atoms with Gasteiger partial charge in [0.2, 0.25) is 0 Å². The Morgan fingerprint density at radius 2 is 1.90 bits per heavy atom. The fourth-order valence-electron chi connectivity index (χ4n) is 2.40. The molecule has 1 aromatic heterocycles. The number of fused-ring (bicyclic) bond motifs is 1. The molecule has 0 aliphatic carbocycles. The number of hydrogen-bond donors (Lipinski definition) is 1. The molecule has 0 aliphatic heterocycles. The molecule has 0 spiro atoms. The van der Waals surface area contributed by atoms with Gasteiger partial charge in [-0.2, -0.15) is 0 Å². The average molecular weight is 286 g/mol. The summed E-state index contributed by atoms with van der Waals surface area (Å²) in [6, 6.07) is 15.5. The highest BCUT2D eigenvalue weighted by atomic mass is 35.5. The number of aromatic carboxylic acids is 1. The van der Waals surface area contributed by atoms with E-state index in [9.17, 15) is 9.90 Å². The highest BCUT2D eigenvalue weighted by Crippen LogP contribution is 2.22. The lowest BCUT2D eigenvalue weighted by atomic mass is 10.0. The van der Waals surface area contributed by atoms with Crippen molar-refractivity contribution >= 4 is 28.3 Å². The van der Waals surface area contributed by atoms with Crippen molar-refractivity contribution in [1.29, 1.82) is 0 Å². The zero-order valence-electron chi connectivity index (χ0n) is 10.6. The fraction of sp³-hybridized carbons (Fsp3) is 0.0625. The van der Waals surface area contributed by atoms with Crippen LogP contribution in [0.4, 0.5) is 0 Å². The summed E-state index contributed by atoms with van der Waals surface area (Å²) in [7, 11) is 0. The van der Waals surface area contributed by atoms with Crippen LogP contribution in [0.1, 0.15) is 16.1 Å². The van der Waals surface area contributed by atoms with E-state index in [0.29, 0.717) is 11.6 Å². The maximum Gasteiger partial charge on any atom is 0.352 e. The van der Waals surface area contributed by atoms with E-state index in [2.05, 4.69) is 0 Å². The minimum absolute atomic E-state index is 0.197. The van der Waals surface area contributed by atoms with Crippen molar-refractivity contribution in [2.45, 2.75) is 6.54 Å². The Morgan fingerprint density at radius 1 is 1.15 bits per heavy atom. The van der Waals surface area contributed by atoms with Crippen LogP contribution >= 0.6 is 11.6 Å². The lowest BCUT2D eigenvalue weighted by molar-refractivity contribution is 0.0685. The SMILES string of the molecule is O=C(O)c1cc(Cl)cn1Cc1cccc2ccccc12. The van der Waals surface area contributed by atoms with Gasteiger partial charge in [-0.3, -0.25) is 0 Å². The number of carboxylic acid groups (broad SMARTS) is 1. The summed E-state index contributed by atoms with van der Waals surface area (Å²) < 4.78 is 1.66. The van der Waals surface area contributed by atoms with Crippen LogP contribution in [-0.4, -0.2) is 15.6 Å². The first-order valence-electron chi connectivity index (χ1n) is 6.21. The maximum absolute atomic E-state index is 11.2. The Balaban J connectivity index is 2.08. The minimum atomic E-state index is -0.975. The van der Waals surface area contributed by atoms with E-state index < -0.39 is 5.97 Å². The topological polar surface area (TPSA) is 42.2 Å². The lowest BCUT2D eigenvalue weighted by Crippen LogP contribution is -2.08. The Kier molecular flexibility index (Phi) is 3.20. The first kappa shape index (κ1) is 12.8. The molecule has 1 N–H and O–H groups in total. The van der Waals surface area contributed by atoms with E-state index in [4.69, 9.17) is 11.6 Å². The summed E-state index contributed by atoms with van der Waals surface area (Å²) in [6.45, 7) is 0.482. The van der Waals surface area contributed by atoms with Gasteiger partial charge < -0.3 is 9.67 Å². The average Bonchev–Trinajstić information content (AvgIpc) is 2.80. The van der Waals surface area contributed by atoms with Crippen LogP contribution in [0.5, 0.6) is 0 Å². The zero-order chi connectivity index (χ0) is 14.1. The fourth-order valence-corrected chi connectivity index (χ4v) is 2.62. The number of aromatic nitrogens is 1. The van der Waals surface area contributed by atoms with Gasteiger partial charge in [0, 0.05) is 12.7 Å². The molecule has 0 unspecified atom stereocenters. The molecule has 0 saturated heterocycles. The van der Waals surface area contributed by atoms with Crippen LogP contribution < -0.4 is 0 Å². The highest BCUT2D eigenvalue weighted by molar-refractivity contribution is 6.30. The molecule has 3 nitrogen and oxygen atoms in total. The van der Waals surface area contributed by atoms with Crippen LogP contribution in [0.2, 0.25) is 5.02 Å². The van der Waals surface area contributed by atoms with Crippen LogP contribution in [-0.2, 0) is 6.54 Å². The number of rotatable bonds is 3. The number of halogens is 1. The largest absolute Gasteiger partial charge is 0.477 e. The molecule has 0 radical (unpaired) electrons. The Bertz CT molecular complexity index is 787. The summed E-state index contributed by atoms with van der Waals surface area (Å²) in [4.78, 5) is 11.2. The van der Waals surface area contributed by atoms with Gasteiger partial charge in [0.15, 0.2) is 0 Å². The van der Waals surface area contributed by atoms with Crippen molar-refractivity contribution in [2.75, 3.05) is 0 Å². The van der Waals surface area contributed by atoms with Crippen molar-refractivity contribution in [1.82, 2.24) is 4.57 Å². The van der Waals surface area contributed by atoms with Crippen molar-refractivity contribution < 1.29 is 9.90 Å². The first-order valence-corrected chi connectivity index (χ1v) is 6.58. The first-order chi connectivity index (χ1) is 9.65. The number of benzene rings is 2. The molecule has 0 saturated carbocycles. The third-order valence-electron chi connectivity index (χ3n) is 3.30. The van der Waals surface area contributed by atoms with Gasteiger partial charge in [-0.15, -0.1) is 0 Å². The van der Waals surface area contributed by atoms with Crippen molar-refractivity contribution in [3.63, 3.8) is 0 Å². The standard InChI is InChI=1S/C16H12ClNO2/c17-13-8-15(16(19)20)18(10-13)9-12-6-3-5-11-4-1-2-7-14(11)12/h1-8,10H,9H2,(H,19,20). The smallest absolute Gasteiger partial charge is 0.352 e. The van der Waals surface area contributed by atoms with Gasteiger partial charge in [-0.25, -0.2) is 4.79 Å². The molecule has 20 heavy (non-hydrogen) atoms. The van der Waals surface area contributed by atoms with E-state index >= 15 is 0 Å². The lowest BCUT2D eigenvalue weighted by Gasteiger charge is -2.09. The van der Waals surface area contributed by atoms with E-state index in [0.717, 1.165) is 16.3 Å². The Labute approximate surface area is 121 Å². The van der Waals surface area contributed by atoms with E-state index in [1.807, 2.05) is 42.5 Å². The molecule has 100 valence electrons. The second-order valence-corrected chi connectivity index (χ2v) is 5.05. The Morgan fingerprint density at radius 3 is 2.70 bits per heavy atom. The third kappa shape index (κ3) is 2.28. The summed E-state index contributed by atoms with van der Waals surface area (Å²) in [5.41, 5.74) is 1.26. The van der Waals surface area contributed by atoms with Gasteiger partial charge in [0.1, 0.15) is 5.69 Å².